The number of anilines is 2. The molecule has 27 heavy (non-hydrogen) atoms. The van der Waals surface area contributed by atoms with Gasteiger partial charge in [-0.1, -0.05) is 29.8 Å². The first-order valence-corrected chi connectivity index (χ1v) is 8.87. The molecular formula is C21H26N2O4. The fourth-order valence-corrected chi connectivity index (χ4v) is 2.89. The van der Waals surface area contributed by atoms with Gasteiger partial charge in [-0.25, -0.2) is 4.79 Å². The Morgan fingerprint density at radius 1 is 1.11 bits per heavy atom. The van der Waals surface area contributed by atoms with Crippen LogP contribution in [0.4, 0.5) is 11.4 Å². The molecule has 0 unspecified atom stereocenters. The monoisotopic (exact) mass is 370 g/mol. The third-order valence-electron chi connectivity index (χ3n) is 4.15. The van der Waals surface area contributed by atoms with Crippen molar-refractivity contribution >= 4 is 23.3 Å². The van der Waals surface area contributed by atoms with Gasteiger partial charge >= 0.3 is 5.97 Å². The number of hydrogen-bond donors (Lipinski definition) is 3. The molecule has 0 aliphatic carbocycles. The lowest BCUT2D eigenvalue weighted by atomic mass is 10.0. The second-order valence-corrected chi connectivity index (χ2v) is 6.51. The van der Waals surface area contributed by atoms with Crippen molar-refractivity contribution in [1.29, 1.82) is 0 Å². The van der Waals surface area contributed by atoms with Crippen molar-refractivity contribution in [2.45, 2.75) is 33.8 Å². The smallest absolute Gasteiger partial charge is 0.341 e. The van der Waals surface area contributed by atoms with E-state index in [-0.39, 0.29) is 12.5 Å². The molecule has 144 valence electrons. The number of hydrogen-bond acceptors (Lipinski definition) is 5. The van der Waals surface area contributed by atoms with E-state index in [1.807, 2.05) is 32.9 Å². The number of amides is 1. The summed E-state index contributed by atoms with van der Waals surface area (Å²) in [5, 5.41) is 14.7. The topological polar surface area (TPSA) is 87.7 Å². The van der Waals surface area contributed by atoms with E-state index in [0.717, 1.165) is 22.4 Å². The van der Waals surface area contributed by atoms with Crippen molar-refractivity contribution in [2.75, 3.05) is 23.8 Å². The predicted octanol–water partition coefficient (Wildman–Crippen LogP) is 3.20. The van der Waals surface area contributed by atoms with Gasteiger partial charge in [0.1, 0.15) is 0 Å². The third-order valence-corrected chi connectivity index (χ3v) is 4.15. The summed E-state index contributed by atoms with van der Waals surface area (Å²) in [4.78, 5) is 25.0. The number of aryl methyl sites for hydroxylation is 3. The second-order valence-electron chi connectivity index (χ2n) is 6.51. The number of rotatable bonds is 7. The van der Waals surface area contributed by atoms with Crippen LogP contribution in [0.15, 0.2) is 36.4 Å². The molecule has 2 rings (SSSR count). The number of nitrogens with one attached hydrogen (secondary N) is 2. The number of carbonyl (C=O) groups excluding carboxylic acids is 2. The molecule has 0 aliphatic rings. The van der Waals surface area contributed by atoms with Gasteiger partial charge < -0.3 is 20.5 Å². The summed E-state index contributed by atoms with van der Waals surface area (Å²) in [6.45, 7) is 7.64. The standard InChI is InChI=1S/C21H26N2O4/c1-13-11-14(2)19(15(3)12-13)23-20(25)16(4)27-21(26)17-7-5-6-8-18(17)22-9-10-24/h5-8,11-12,16,22,24H,9-10H2,1-4H3,(H,23,25)/t16-/m0/s1. The number of esters is 1. The fourth-order valence-electron chi connectivity index (χ4n) is 2.89. The Labute approximate surface area is 159 Å². The van der Waals surface area contributed by atoms with Gasteiger partial charge in [0.25, 0.3) is 5.91 Å². The molecule has 1 atom stereocenters. The Morgan fingerprint density at radius 2 is 1.74 bits per heavy atom. The molecule has 0 saturated carbocycles. The summed E-state index contributed by atoms with van der Waals surface area (Å²) in [5.74, 6) is -0.991. The largest absolute Gasteiger partial charge is 0.449 e. The zero-order chi connectivity index (χ0) is 20.0. The van der Waals surface area contributed by atoms with Crippen molar-refractivity contribution in [3.05, 3.63) is 58.7 Å². The number of carbonyl (C=O) groups is 2. The summed E-state index contributed by atoms with van der Waals surface area (Å²) in [7, 11) is 0. The number of benzene rings is 2. The van der Waals surface area contributed by atoms with Crippen LogP contribution in [-0.2, 0) is 9.53 Å². The molecule has 1 amide bonds. The minimum atomic E-state index is -0.955. The van der Waals surface area contributed by atoms with Crippen LogP contribution in [0.3, 0.4) is 0 Å². The van der Waals surface area contributed by atoms with E-state index < -0.39 is 12.1 Å². The minimum Gasteiger partial charge on any atom is -0.449 e. The zero-order valence-electron chi connectivity index (χ0n) is 16.1. The maximum atomic E-state index is 12.5. The van der Waals surface area contributed by atoms with Crippen LogP contribution in [-0.4, -0.2) is 36.2 Å². The van der Waals surface area contributed by atoms with E-state index in [1.165, 1.54) is 6.92 Å². The second kappa shape index (κ2) is 9.19. The van der Waals surface area contributed by atoms with Crippen LogP contribution in [0.5, 0.6) is 0 Å². The van der Waals surface area contributed by atoms with Crippen LogP contribution in [0, 0.1) is 20.8 Å². The van der Waals surface area contributed by atoms with E-state index in [1.54, 1.807) is 24.3 Å². The Bertz CT molecular complexity index is 810. The summed E-state index contributed by atoms with van der Waals surface area (Å²) in [6.07, 6.45) is -0.955. The van der Waals surface area contributed by atoms with Gasteiger partial charge in [-0.15, -0.1) is 0 Å². The molecule has 3 N–H and O–H groups in total. The van der Waals surface area contributed by atoms with Crippen LogP contribution in [0.1, 0.15) is 34.0 Å². The molecule has 0 aliphatic heterocycles. The zero-order valence-corrected chi connectivity index (χ0v) is 16.1. The highest BCUT2D eigenvalue weighted by atomic mass is 16.5. The van der Waals surface area contributed by atoms with Crippen molar-refractivity contribution in [2.24, 2.45) is 0 Å². The SMILES string of the molecule is Cc1cc(C)c(NC(=O)[C@H](C)OC(=O)c2ccccc2NCCO)c(C)c1. The first-order valence-electron chi connectivity index (χ1n) is 8.87. The normalized spacial score (nSPS) is 11.6. The maximum absolute atomic E-state index is 12.5. The Morgan fingerprint density at radius 3 is 2.37 bits per heavy atom. The quantitative estimate of drug-likeness (QED) is 0.652. The molecule has 0 bridgehead atoms. The Balaban J connectivity index is 2.08. The third kappa shape index (κ3) is 5.31. The molecule has 6 heteroatoms. The summed E-state index contributed by atoms with van der Waals surface area (Å²) < 4.78 is 5.34. The van der Waals surface area contributed by atoms with Gasteiger partial charge in [-0.3, -0.25) is 4.79 Å². The number of ether oxygens (including phenoxy) is 1. The van der Waals surface area contributed by atoms with Crippen molar-refractivity contribution in [1.82, 2.24) is 0 Å². The number of aliphatic hydroxyl groups is 1. The van der Waals surface area contributed by atoms with E-state index in [9.17, 15) is 9.59 Å². The molecule has 2 aromatic carbocycles. The van der Waals surface area contributed by atoms with E-state index in [4.69, 9.17) is 9.84 Å². The molecule has 6 nitrogen and oxygen atoms in total. The summed E-state index contributed by atoms with van der Waals surface area (Å²) >= 11 is 0. The van der Waals surface area contributed by atoms with Gasteiger partial charge in [0.2, 0.25) is 0 Å². The molecule has 0 spiro atoms. The van der Waals surface area contributed by atoms with Crippen molar-refractivity contribution in [3.8, 4) is 0 Å². The molecule has 0 radical (unpaired) electrons. The average molecular weight is 370 g/mol. The Kier molecular flexibility index (Phi) is 6.96. The molecule has 0 heterocycles. The lowest BCUT2D eigenvalue weighted by Crippen LogP contribution is -2.30. The number of aliphatic hydroxyl groups excluding tert-OH is 1. The lowest BCUT2D eigenvalue weighted by Gasteiger charge is -2.18. The highest BCUT2D eigenvalue weighted by molar-refractivity contribution is 6.00. The lowest BCUT2D eigenvalue weighted by molar-refractivity contribution is -0.123. The molecule has 0 fully saturated rings. The van der Waals surface area contributed by atoms with Gasteiger partial charge in [-0.05, 0) is 51.0 Å². The molecule has 2 aromatic rings. The highest BCUT2D eigenvalue weighted by Crippen LogP contribution is 2.22. The summed E-state index contributed by atoms with van der Waals surface area (Å²) in [6, 6.07) is 10.8. The van der Waals surface area contributed by atoms with Crippen LogP contribution < -0.4 is 10.6 Å². The van der Waals surface area contributed by atoms with Gasteiger partial charge in [0.05, 0.1) is 12.2 Å². The van der Waals surface area contributed by atoms with Crippen molar-refractivity contribution in [3.63, 3.8) is 0 Å². The van der Waals surface area contributed by atoms with E-state index >= 15 is 0 Å². The molecule has 0 saturated heterocycles. The molecular weight excluding hydrogens is 344 g/mol. The van der Waals surface area contributed by atoms with Gasteiger partial charge in [0.15, 0.2) is 6.10 Å². The summed E-state index contributed by atoms with van der Waals surface area (Å²) in [5.41, 5.74) is 4.63. The van der Waals surface area contributed by atoms with Crippen LogP contribution in [0.2, 0.25) is 0 Å². The average Bonchev–Trinajstić information content (AvgIpc) is 2.62. The fraction of sp³-hybridized carbons (Fsp3) is 0.333. The number of para-hydroxylation sites is 1. The van der Waals surface area contributed by atoms with Gasteiger partial charge in [0, 0.05) is 17.9 Å². The van der Waals surface area contributed by atoms with E-state index in [0.29, 0.717) is 17.8 Å². The highest BCUT2D eigenvalue weighted by Gasteiger charge is 2.21. The van der Waals surface area contributed by atoms with Crippen LogP contribution in [0.25, 0.3) is 0 Å². The molecule has 0 aromatic heterocycles. The van der Waals surface area contributed by atoms with E-state index in [2.05, 4.69) is 10.6 Å². The van der Waals surface area contributed by atoms with Gasteiger partial charge in [-0.2, -0.15) is 0 Å². The first-order chi connectivity index (χ1) is 12.8. The van der Waals surface area contributed by atoms with Crippen molar-refractivity contribution < 1.29 is 19.4 Å². The minimum absolute atomic E-state index is 0.0581. The van der Waals surface area contributed by atoms with Crippen LogP contribution >= 0.6 is 0 Å². The predicted molar refractivity (Wildman–Crippen MR) is 106 cm³/mol. The Hall–Kier alpha value is -2.86. The first kappa shape index (κ1) is 20.5. The maximum Gasteiger partial charge on any atom is 0.341 e.